The van der Waals surface area contributed by atoms with E-state index in [1.807, 2.05) is 35.0 Å². The van der Waals surface area contributed by atoms with Gasteiger partial charge in [0.15, 0.2) is 5.69 Å². The molecule has 27 heavy (non-hydrogen) atoms. The number of hydrogen-bond acceptors (Lipinski definition) is 3. The average Bonchev–Trinajstić information content (AvgIpc) is 3.41. The predicted molar refractivity (Wildman–Crippen MR) is 102 cm³/mol. The van der Waals surface area contributed by atoms with Crippen LogP contribution in [0.3, 0.4) is 0 Å². The van der Waals surface area contributed by atoms with Crippen LogP contribution in [0.15, 0.2) is 36.5 Å². The van der Waals surface area contributed by atoms with Crippen molar-refractivity contribution in [2.45, 2.75) is 51.6 Å². The van der Waals surface area contributed by atoms with Gasteiger partial charge in [-0.05, 0) is 44.2 Å². The fraction of sp³-hybridized carbons (Fsp3) is 0.381. The summed E-state index contributed by atoms with van der Waals surface area (Å²) < 4.78 is 4.15. The lowest BCUT2D eigenvalue weighted by molar-refractivity contribution is 0.0944. The van der Waals surface area contributed by atoms with Gasteiger partial charge < -0.3 is 9.88 Å². The molecule has 138 valence electrons. The molecule has 3 heterocycles. The summed E-state index contributed by atoms with van der Waals surface area (Å²) in [5.74, 6) is 1.04. The Kier molecular flexibility index (Phi) is 4.03. The Balaban J connectivity index is 1.37. The number of imidazole rings is 1. The second kappa shape index (κ2) is 6.68. The molecule has 2 aromatic heterocycles. The minimum atomic E-state index is -0.103. The van der Waals surface area contributed by atoms with E-state index in [-0.39, 0.29) is 5.91 Å². The molecule has 1 aliphatic heterocycles. The first-order chi connectivity index (χ1) is 13.3. The molecule has 0 saturated heterocycles. The number of carbonyl (C=O) groups is 1. The first kappa shape index (κ1) is 16.3. The molecule has 1 N–H and O–H groups in total. The topological polar surface area (TPSA) is 64.7 Å². The Hall–Kier alpha value is -2.89. The minimum absolute atomic E-state index is 0.103. The molecule has 5 rings (SSSR count). The van der Waals surface area contributed by atoms with Crippen molar-refractivity contribution in [1.82, 2.24) is 24.6 Å². The highest BCUT2D eigenvalue weighted by atomic mass is 16.2. The molecule has 2 aliphatic rings. The van der Waals surface area contributed by atoms with Crippen LogP contribution in [-0.4, -0.2) is 25.2 Å². The van der Waals surface area contributed by atoms with E-state index in [1.54, 1.807) is 0 Å². The van der Waals surface area contributed by atoms with Gasteiger partial charge in [0.1, 0.15) is 5.82 Å². The van der Waals surface area contributed by atoms with E-state index in [0.717, 1.165) is 55.0 Å². The van der Waals surface area contributed by atoms with Crippen molar-refractivity contribution in [2.24, 2.45) is 0 Å². The summed E-state index contributed by atoms with van der Waals surface area (Å²) in [4.78, 5) is 17.5. The highest BCUT2D eigenvalue weighted by molar-refractivity contribution is 5.94. The van der Waals surface area contributed by atoms with Gasteiger partial charge in [-0.2, -0.15) is 5.10 Å². The van der Waals surface area contributed by atoms with Gasteiger partial charge in [-0.3, -0.25) is 4.79 Å². The molecule has 6 nitrogen and oxygen atoms in total. The standard InChI is InChI=1S/C21H23N5O/c27-21(22-13-15-14-25-12-5-4-11-19(25)23-15)20-17-9-6-10-18(17)26(24-20)16-7-2-1-3-8-16/h1-3,7-8,14H,4-6,9-13H2,(H,22,27). The normalized spacial score (nSPS) is 15.4. The molecule has 6 heteroatoms. The third-order valence-electron chi connectivity index (χ3n) is 5.53. The van der Waals surface area contributed by atoms with Crippen molar-refractivity contribution < 1.29 is 4.79 Å². The zero-order chi connectivity index (χ0) is 18.2. The highest BCUT2D eigenvalue weighted by Crippen LogP contribution is 2.27. The lowest BCUT2D eigenvalue weighted by Crippen LogP contribution is -2.24. The Morgan fingerprint density at radius 3 is 2.81 bits per heavy atom. The van der Waals surface area contributed by atoms with Crippen LogP contribution in [0.4, 0.5) is 0 Å². The Morgan fingerprint density at radius 1 is 1.07 bits per heavy atom. The summed E-state index contributed by atoms with van der Waals surface area (Å²) in [6.07, 6.45) is 8.48. The third kappa shape index (κ3) is 2.95. The molecule has 0 atom stereocenters. The van der Waals surface area contributed by atoms with Gasteiger partial charge in [-0.15, -0.1) is 0 Å². The number of amides is 1. The van der Waals surface area contributed by atoms with Crippen LogP contribution in [0.5, 0.6) is 0 Å². The van der Waals surface area contributed by atoms with E-state index in [4.69, 9.17) is 0 Å². The Labute approximate surface area is 158 Å². The molecule has 0 unspecified atom stereocenters. The summed E-state index contributed by atoms with van der Waals surface area (Å²) in [6.45, 7) is 1.48. The van der Waals surface area contributed by atoms with Crippen LogP contribution in [0, 0.1) is 0 Å². The van der Waals surface area contributed by atoms with Crippen molar-refractivity contribution in [3.63, 3.8) is 0 Å². The Bertz CT molecular complexity index is 962. The third-order valence-corrected chi connectivity index (χ3v) is 5.53. The van der Waals surface area contributed by atoms with E-state index in [2.05, 4.69) is 26.2 Å². The maximum absolute atomic E-state index is 12.8. The monoisotopic (exact) mass is 361 g/mol. The van der Waals surface area contributed by atoms with Gasteiger partial charge in [0.25, 0.3) is 5.91 Å². The Morgan fingerprint density at radius 2 is 1.96 bits per heavy atom. The van der Waals surface area contributed by atoms with Crippen LogP contribution in [0.1, 0.15) is 52.5 Å². The molecule has 0 saturated carbocycles. The lowest BCUT2D eigenvalue weighted by Gasteiger charge is -2.11. The maximum atomic E-state index is 12.8. The lowest BCUT2D eigenvalue weighted by atomic mass is 10.2. The van der Waals surface area contributed by atoms with E-state index in [0.29, 0.717) is 12.2 Å². The highest BCUT2D eigenvalue weighted by Gasteiger charge is 2.27. The van der Waals surface area contributed by atoms with Crippen LogP contribution >= 0.6 is 0 Å². The first-order valence-electron chi connectivity index (χ1n) is 9.79. The summed E-state index contributed by atoms with van der Waals surface area (Å²) >= 11 is 0. The van der Waals surface area contributed by atoms with Crippen LogP contribution < -0.4 is 5.32 Å². The van der Waals surface area contributed by atoms with Crippen molar-refractivity contribution in [1.29, 1.82) is 0 Å². The second-order valence-corrected chi connectivity index (χ2v) is 7.36. The average molecular weight is 361 g/mol. The number of aromatic nitrogens is 4. The number of nitrogens with zero attached hydrogens (tertiary/aromatic N) is 4. The summed E-state index contributed by atoms with van der Waals surface area (Å²) in [5.41, 5.74) is 4.77. The number of para-hydroxylation sites is 1. The molecule has 0 bridgehead atoms. The van der Waals surface area contributed by atoms with Gasteiger partial charge in [-0.1, -0.05) is 18.2 Å². The van der Waals surface area contributed by atoms with Crippen LogP contribution in [0.25, 0.3) is 5.69 Å². The van der Waals surface area contributed by atoms with Gasteiger partial charge in [0.05, 0.1) is 17.9 Å². The summed E-state index contributed by atoms with van der Waals surface area (Å²) in [5, 5.41) is 7.69. The molecule has 3 aromatic rings. The van der Waals surface area contributed by atoms with Gasteiger partial charge in [-0.25, -0.2) is 9.67 Å². The van der Waals surface area contributed by atoms with Crippen molar-refractivity contribution in [3.8, 4) is 5.69 Å². The van der Waals surface area contributed by atoms with Gasteiger partial charge >= 0.3 is 0 Å². The molecule has 0 fully saturated rings. The second-order valence-electron chi connectivity index (χ2n) is 7.36. The van der Waals surface area contributed by atoms with Gasteiger partial charge in [0.2, 0.25) is 0 Å². The molecule has 0 radical (unpaired) electrons. The number of nitrogens with one attached hydrogen (secondary N) is 1. The quantitative estimate of drug-likeness (QED) is 0.777. The largest absolute Gasteiger partial charge is 0.345 e. The molecular weight excluding hydrogens is 338 g/mol. The summed E-state index contributed by atoms with van der Waals surface area (Å²) in [7, 11) is 0. The number of benzene rings is 1. The van der Waals surface area contributed by atoms with Crippen molar-refractivity contribution in [2.75, 3.05) is 0 Å². The van der Waals surface area contributed by atoms with E-state index >= 15 is 0 Å². The predicted octanol–water partition coefficient (Wildman–Crippen LogP) is 2.82. The summed E-state index contributed by atoms with van der Waals surface area (Å²) in [6, 6.07) is 10.0. The van der Waals surface area contributed by atoms with Crippen molar-refractivity contribution in [3.05, 3.63) is 65.0 Å². The molecule has 0 spiro atoms. The molecular formula is C21H23N5O. The minimum Gasteiger partial charge on any atom is -0.345 e. The zero-order valence-electron chi connectivity index (χ0n) is 15.3. The number of fused-ring (bicyclic) bond motifs is 2. The molecule has 1 amide bonds. The molecule has 1 aromatic carbocycles. The van der Waals surface area contributed by atoms with Gasteiger partial charge in [0, 0.05) is 30.4 Å². The number of rotatable bonds is 4. The van der Waals surface area contributed by atoms with Crippen molar-refractivity contribution >= 4 is 5.91 Å². The maximum Gasteiger partial charge on any atom is 0.272 e. The number of carbonyl (C=O) groups excluding carboxylic acids is 1. The first-order valence-corrected chi connectivity index (χ1v) is 9.79. The van der Waals surface area contributed by atoms with E-state index in [1.165, 1.54) is 18.5 Å². The number of hydrogen-bond donors (Lipinski definition) is 1. The zero-order valence-corrected chi connectivity index (χ0v) is 15.3. The van der Waals surface area contributed by atoms with E-state index < -0.39 is 0 Å². The SMILES string of the molecule is O=C(NCc1cn2c(n1)CCCC2)c1nn(-c2ccccc2)c2c1CCC2. The van der Waals surface area contributed by atoms with Crippen LogP contribution in [-0.2, 0) is 32.4 Å². The van der Waals surface area contributed by atoms with E-state index in [9.17, 15) is 4.79 Å². The fourth-order valence-electron chi connectivity index (χ4n) is 4.21. The number of aryl methyl sites for hydroxylation is 2. The fourth-order valence-corrected chi connectivity index (χ4v) is 4.21. The smallest absolute Gasteiger partial charge is 0.272 e. The molecule has 1 aliphatic carbocycles. The van der Waals surface area contributed by atoms with Crippen LogP contribution in [0.2, 0.25) is 0 Å².